The van der Waals surface area contributed by atoms with Crippen LogP contribution in [0.25, 0.3) is 0 Å². The van der Waals surface area contributed by atoms with E-state index in [1.54, 1.807) is 0 Å². The van der Waals surface area contributed by atoms with E-state index in [1.165, 1.54) is 12.0 Å². The van der Waals surface area contributed by atoms with Gasteiger partial charge >= 0.3 is 5.97 Å². The number of methoxy groups -OCH3 is 1. The molecule has 6 nitrogen and oxygen atoms in total. The van der Waals surface area contributed by atoms with Crippen molar-refractivity contribution in [3.8, 4) is 0 Å². The molecule has 7 heteroatoms. The van der Waals surface area contributed by atoms with Crippen LogP contribution in [0.5, 0.6) is 0 Å². The summed E-state index contributed by atoms with van der Waals surface area (Å²) in [4.78, 5) is 26.2. The number of fused-ring (bicyclic) bond motifs is 1. The van der Waals surface area contributed by atoms with Crippen LogP contribution >= 0.6 is 0 Å². The van der Waals surface area contributed by atoms with Crippen LogP contribution < -0.4 is 4.90 Å². The van der Waals surface area contributed by atoms with Crippen LogP contribution in [0.1, 0.15) is 18.4 Å². The van der Waals surface area contributed by atoms with Crippen LogP contribution in [0.15, 0.2) is 24.3 Å². The number of carbonyl (C=O) groups is 2. The molecule has 1 fully saturated rings. The Kier molecular flexibility index (Phi) is 4.14. The number of rotatable bonds is 3. The van der Waals surface area contributed by atoms with Gasteiger partial charge in [-0.3, -0.25) is 9.69 Å². The molecule has 0 saturated carbocycles. The van der Waals surface area contributed by atoms with Gasteiger partial charge in [-0.2, -0.15) is 0 Å². The fourth-order valence-corrected chi connectivity index (χ4v) is 5.26. The van der Waals surface area contributed by atoms with Crippen molar-refractivity contribution < 1.29 is 22.7 Å². The van der Waals surface area contributed by atoms with Crippen LogP contribution in [0, 0.1) is 5.92 Å². The molecule has 0 radical (unpaired) electrons. The van der Waals surface area contributed by atoms with E-state index >= 15 is 0 Å². The zero-order valence-electron chi connectivity index (χ0n) is 12.9. The van der Waals surface area contributed by atoms with Gasteiger partial charge in [-0.15, -0.1) is 0 Å². The van der Waals surface area contributed by atoms with Crippen molar-refractivity contribution >= 4 is 27.4 Å². The largest absolute Gasteiger partial charge is 0.467 e. The first kappa shape index (κ1) is 16.0. The molecule has 2 heterocycles. The molecule has 1 amide bonds. The third kappa shape index (κ3) is 3.10. The number of anilines is 1. The van der Waals surface area contributed by atoms with Gasteiger partial charge in [-0.25, -0.2) is 13.2 Å². The number of carbonyl (C=O) groups excluding carboxylic acids is 2. The first-order chi connectivity index (χ1) is 10.9. The molecule has 0 aliphatic carbocycles. The summed E-state index contributed by atoms with van der Waals surface area (Å²) >= 11 is 0. The summed E-state index contributed by atoms with van der Waals surface area (Å²) in [5.41, 5.74) is 1.64. The first-order valence-corrected chi connectivity index (χ1v) is 9.41. The number of benzene rings is 1. The molecular formula is C16H19NO5S. The van der Waals surface area contributed by atoms with Crippen molar-refractivity contribution in [2.75, 3.05) is 23.5 Å². The van der Waals surface area contributed by atoms with Gasteiger partial charge in [0.15, 0.2) is 9.84 Å². The highest BCUT2D eigenvalue weighted by molar-refractivity contribution is 7.91. The number of nitrogens with zero attached hydrogens (tertiary/aromatic N) is 1. The van der Waals surface area contributed by atoms with Gasteiger partial charge in [0, 0.05) is 18.5 Å². The van der Waals surface area contributed by atoms with Crippen molar-refractivity contribution in [2.24, 2.45) is 5.92 Å². The van der Waals surface area contributed by atoms with Crippen molar-refractivity contribution in [1.82, 2.24) is 0 Å². The first-order valence-electron chi connectivity index (χ1n) is 7.59. The molecule has 0 aromatic heterocycles. The maximum Gasteiger partial charge on any atom is 0.329 e. The monoisotopic (exact) mass is 337 g/mol. The summed E-state index contributed by atoms with van der Waals surface area (Å²) in [5.74, 6) is -0.640. The van der Waals surface area contributed by atoms with Gasteiger partial charge in [-0.1, -0.05) is 18.2 Å². The number of para-hydroxylation sites is 1. The molecule has 23 heavy (non-hydrogen) atoms. The molecule has 1 saturated heterocycles. The van der Waals surface area contributed by atoms with E-state index in [2.05, 4.69) is 0 Å². The number of hydrogen-bond acceptors (Lipinski definition) is 5. The summed E-state index contributed by atoms with van der Waals surface area (Å²) in [5, 5.41) is 0. The number of esters is 1. The lowest BCUT2D eigenvalue weighted by atomic mass is 10.0. The lowest BCUT2D eigenvalue weighted by molar-refractivity contribution is -0.143. The Hall–Kier alpha value is -1.89. The van der Waals surface area contributed by atoms with E-state index in [0.717, 1.165) is 5.56 Å². The summed E-state index contributed by atoms with van der Waals surface area (Å²) in [6, 6.07) is 6.71. The number of sulfone groups is 1. The molecule has 2 atom stereocenters. The zero-order chi connectivity index (χ0) is 16.6. The Morgan fingerprint density at radius 1 is 1.30 bits per heavy atom. The summed E-state index contributed by atoms with van der Waals surface area (Å²) in [6.07, 6.45) is 1.07. The maximum absolute atomic E-state index is 12.7. The lowest BCUT2D eigenvalue weighted by Gasteiger charge is -2.24. The molecule has 0 bridgehead atoms. The molecule has 3 rings (SSSR count). The average Bonchev–Trinajstić information content (AvgIpc) is 3.06. The number of amides is 1. The van der Waals surface area contributed by atoms with Crippen LogP contribution in [0.3, 0.4) is 0 Å². The molecular weight excluding hydrogens is 318 g/mol. The lowest BCUT2D eigenvalue weighted by Crippen LogP contribution is -2.44. The van der Waals surface area contributed by atoms with Crippen molar-refractivity contribution in [3.05, 3.63) is 29.8 Å². The highest BCUT2D eigenvalue weighted by Gasteiger charge is 2.40. The van der Waals surface area contributed by atoms with Crippen molar-refractivity contribution in [1.29, 1.82) is 0 Å². The van der Waals surface area contributed by atoms with E-state index in [9.17, 15) is 18.0 Å². The van der Waals surface area contributed by atoms with E-state index in [1.807, 2.05) is 24.3 Å². The summed E-state index contributed by atoms with van der Waals surface area (Å²) in [6.45, 7) is 0. The summed E-state index contributed by atoms with van der Waals surface area (Å²) < 4.78 is 27.9. The van der Waals surface area contributed by atoms with Crippen LogP contribution in [0.2, 0.25) is 0 Å². The fourth-order valence-electron chi connectivity index (χ4n) is 3.40. The Morgan fingerprint density at radius 3 is 2.70 bits per heavy atom. The molecule has 1 aromatic rings. The minimum Gasteiger partial charge on any atom is -0.467 e. The van der Waals surface area contributed by atoms with Crippen molar-refractivity contribution in [2.45, 2.75) is 25.3 Å². The van der Waals surface area contributed by atoms with E-state index in [-0.39, 0.29) is 29.8 Å². The standard InChI is InChI=1S/C16H19NO5S/c1-22-16(19)14-9-12-4-2-3-5-13(12)17(14)15(18)8-11-6-7-23(20,21)10-11/h2-5,11,14H,6-10H2,1H3/t11-,14-/m1/s1. The quantitative estimate of drug-likeness (QED) is 0.767. The highest BCUT2D eigenvalue weighted by atomic mass is 32.2. The topological polar surface area (TPSA) is 80.8 Å². The van der Waals surface area contributed by atoms with Crippen LogP contribution in [-0.2, 0) is 30.6 Å². The number of hydrogen-bond donors (Lipinski definition) is 0. The molecule has 0 unspecified atom stereocenters. The second-order valence-electron chi connectivity index (χ2n) is 6.11. The van der Waals surface area contributed by atoms with E-state index in [0.29, 0.717) is 18.5 Å². The second-order valence-corrected chi connectivity index (χ2v) is 8.34. The van der Waals surface area contributed by atoms with Gasteiger partial charge < -0.3 is 4.74 Å². The van der Waals surface area contributed by atoms with Gasteiger partial charge in [0.1, 0.15) is 6.04 Å². The van der Waals surface area contributed by atoms with E-state index in [4.69, 9.17) is 4.74 Å². The predicted molar refractivity (Wildman–Crippen MR) is 84.8 cm³/mol. The minimum atomic E-state index is -3.02. The van der Waals surface area contributed by atoms with Gasteiger partial charge in [-0.05, 0) is 24.0 Å². The van der Waals surface area contributed by atoms with Gasteiger partial charge in [0.05, 0.1) is 18.6 Å². The fraction of sp³-hybridized carbons (Fsp3) is 0.500. The summed E-state index contributed by atoms with van der Waals surface area (Å²) in [7, 11) is -1.72. The highest BCUT2D eigenvalue weighted by Crippen LogP contribution is 2.34. The molecule has 2 aliphatic rings. The zero-order valence-corrected chi connectivity index (χ0v) is 13.7. The Balaban J connectivity index is 1.82. The Bertz CT molecular complexity index is 743. The third-order valence-corrected chi connectivity index (χ3v) is 6.35. The Morgan fingerprint density at radius 2 is 2.04 bits per heavy atom. The molecule has 124 valence electrons. The average molecular weight is 337 g/mol. The normalized spacial score (nSPS) is 25.2. The van der Waals surface area contributed by atoms with Crippen LogP contribution in [-0.4, -0.2) is 45.0 Å². The maximum atomic E-state index is 12.7. The third-order valence-electron chi connectivity index (χ3n) is 4.51. The predicted octanol–water partition coefficient (Wildman–Crippen LogP) is 0.942. The van der Waals surface area contributed by atoms with Gasteiger partial charge in [0.2, 0.25) is 5.91 Å². The molecule has 0 spiro atoms. The second kappa shape index (κ2) is 5.96. The van der Waals surface area contributed by atoms with Crippen molar-refractivity contribution in [3.63, 3.8) is 0 Å². The van der Waals surface area contributed by atoms with Crippen LogP contribution in [0.4, 0.5) is 5.69 Å². The molecule has 0 N–H and O–H groups in total. The SMILES string of the molecule is COC(=O)[C@H]1Cc2ccccc2N1C(=O)C[C@H]1CCS(=O)(=O)C1. The molecule has 2 aliphatic heterocycles. The van der Waals surface area contributed by atoms with E-state index < -0.39 is 21.8 Å². The number of ether oxygens (including phenoxy) is 1. The van der Waals surface area contributed by atoms with Gasteiger partial charge in [0.25, 0.3) is 0 Å². The Labute approximate surface area is 135 Å². The smallest absolute Gasteiger partial charge is 0.329 e. The minimum absolute atomic E-state index is 0.0527. The molecule has 1 aromatic carbocycles.